The Morgan fingerprint density at radius 3 is 2.47 bits per heavy atom. The lowest BCUT2D eigenvalue weighted by atomic mass is 9.77. The fourth-order valence-electron chi connectivity index (χ4n) is 3.00. The molecule has 17 heavy (non-hydrogen) atoms. The molecule has 1 N–H and O–H groups in total. The molecule has 1 heterocycles. The number of hydrogen-bond donors (Lipinski definition) is 1. The predicted octanol–water partition coefficient (Wildman–Crippen LogP) is 2.41. The molecular weight excluding hydrogens is 210 g/mol. The van der Waals surface area contributed by atoms with Gasteiger partial charge in [-0.3, -0.25) is 0 Å². The third kappa shape index (κ3) is 2.70. The SMILES string of the molecule is CCC1CN(C)CC(O)C1c1ccc(C)cc1. The molecule has 2 rings (SSSR count). The summed E-state index contributed by atoms with van der Waals surface area (Å²) in [6, 6.07) is 8.65. The Morgan fingerprint density at radius 2 is 1.88 bits per heavy atom. The molecule has 1 aromatic rings. The van der Waals surface area contributed by atoms with Crippen LogP contribution >= 0.6 is 0 Å². The zero-order valence-corrected chi connectivity index (χ0v) is 11.1. The van der Waals surface area contributed by atoms with Crippen molar-refractivity contribution in [3.63, 3.8) is 0 Å². The Morgan fingerprint density at radius 1 is 1.24 bits per heavy atom. The molecule has 2 heteroatoms. The number of piperidine rings is 1. The average molecular weight is 233 g/mol. The second-order valence-electron chi connectivity index (χ2n) is 5.39. The number of hydrogen-bond acceptors (Lipinski definition) is 2. The predicted molar refractivity (Wildman–Crippen MR) is 71.2 cm³/mol. The number of aliphatic hydroxyl groups excluding tert-OH is 1. The quantitative estimate of drug-likeness (QED) is 0.848. The third-order valence-corrected chi connectivity index (χ3v) is 3.95. The van der Waals surface area contributed by atoms with Gasteiger partial charge in [-0.05, 0) is 25.5 Å². The molecule has 1 aromatic carbocycles. The summed E-state index contributed by atoms with van der Waals surface area (Å²) in [5.74, 6) is 0.864. The summed E-state index contributed by atoms with van der Waals surface area (Å²) in [6.07, 6.45) is 0.890. The second-order valence-corrected chi connectivity index (χ2v) is 5.39. The van der Waals surface area contributed by atoms with Crippen molar-refractivity contribution in [1.29, 1.82) is 0 Å². The van der Waals surface area contributed by atoms with E-state index in [4.69, 9.17) is 0 Å². The van der Waals surface area contributed by atoms with E-state index in [2.05, 4.69) is 50.1 Å². The molecule has 1 fully saturated rings. The van der Waals surface area contributed by atoms with Gasteiger partial charge in [0.1, 0.15) is 0 Å². The number of β-amino-alcohol motifs (C(OH)–C–C–N with tert-alkyl or cyclic N) is 1. The summed E-state index contributed by atoms with van der Waals surface area (Å²) in [6.45, 7) is 6.20. The molecule has 0 saturated carbocycles. The van der Waals surface area contributed by atoms with Crippen LogP contribution in [0.4, 0.5) is 0 Å². The van der Waals surface area contributed by atoms with Gasteiger partial charge in [0.05, 0.1) is 6.10 Å². The van der Waals surface area contributed by atoms with Gasteiger partial charge in [0.2, 0.25) is 0 Å². The highest BCUT2D eigenvalue weighted by Crippen LogP contribution is 2.34. The van der Waals surface area contributed by atoms with Gasteiger partial charge < -0.3 is 10.0 Å². The molecule has 0 amide bonds. The number of aryl methyl sites for hydroxylation is 1. The highest BCUT2D eigenvalue weighted by Gasteiger charge is 2.34. The van der Waals surface area contributed by atoms with Gasteiger partial charge in [0.15, 0.2) is 0 Å². The van der Waals surface area contributed by atoms with Crippen LogP contribution in [0.1, 0.15) is 30.4 Å². The van der Waals surface area contributed by atoms with Crippen molar-refractivity contribution in [3.05, 3.63) is 35.4 Å². The molecule has 94 valence electrons. The maximum atomic E-state index is 10.3. The average Bonchev–Trinajstić information content (AvgIpc) is 2.30. The van der Waals surface area contributed by atoms with Crippen molar-refractivity contribution in [3.8, 4) is 0 Å². The van der Waals surface area contributed by atoms with E-state index in [0.717, 1.165) is 19.5 Å². The lowest BCUT2D eigenvalue weighted by Crippen LogP contribution is -2.46. The van der Waals surface area contributed by atoms with Crippen LogP contribution in [0.3, 0.4) is 0 Å². The van der Waals surface area contributed by atoms with Crippen LogP contribution in [0.25, 0.3) is 0 Å². The molecule has 1 aliphatic heterocycles. The normalized spacial score (nSPS) is 30.5. The first kappa shape index (κ1) is 12.6. The molecule has 1 saturated heterocycles. The Labute approximate surface area is 104 Å². The van der Waals surface area contributed by atoms with Gasteiger partial charge in [0, 0.05) is 19.0 Å². The Hall–Kier alpha value is -0.860. The highest BCUT2D eigenvalue weighted by atomic mass is 16.3. The standard InChI is InChI=1S/C15H23NO/c1-4-12-9-16(3)10-14(17)15(12)13-7-5-11(2)6-8-13/h5-8,12,14-15,17H,4,9-10H2,1-3H3. The van der Waals surface area contributed by atoms with Crippen LogP contribution in [0.5, 0.6) is 0 Å². The van der Waals surface area contributed by atoms with E-state index in [1.54, 1.807) is 0 Å². The number of likely N-dealkylation sites (N-methyl/N-ethyl adjacent to an activating group) is 1. The van der Waals surface area contributed by atoms with Gasteiger partial charge in [-0.1, -0.05) is 43.2 Å². The minimum absolute atomic E-state index is 0.235. The molecular formula is C15H23NO. The molecule has 3 unspecified atom stereocenters. The Kier molecular flexibility index (Phi) is 3.85. The van der Waals surface area contributed by atoms with Crippen molar-refractivity contribution in [2.24, 2.45) is 5.92 Å². The summed E-state index contributed by atoms with van der Waals surface area (Å²) in [4.78, 5) is 2.24. The number of nitrogens with zero attached hydrogens (tertiary/aromatic N) is 1. The van der Waals surface area contributed by atoms with E-state index in [-0.39, 0.29) is 6.10 Å². The van der Waals surface area contributed by atoms with E-state index >= 15 is 0 Å². The summed E-state index contributed by atoms with van der Waals surface area (Å²) in [5.41, 5.74) is 2.58. The molecule has 1 aliphatic rings. The van der Waals surface area contributed by atoms with Crippen molar-refractivity contribution >= 4 is 0 Å². The highest BCUT2D eigenvalue weighted by molar-refractivity contribution is 5.26. The molecule has 3 atom stereocenters. The smallest absolute Gasteiger partial charge is 0.0738 e. The largest absolute Gasteiger partial charge is 0.391 e. The topological polar surface area (TPSA) is 23.5 Å². The summed E-state index contributed by atoms with van der Waals surface area (Å²) < 4.78 is 0. The zero-order chi connectivity index (χ0) is 12.4. The second kappa shape index (κ2) is 5.19. The minimum atomic E-state index is -0.235. The fourth-order valence-corrected chi connectivity index (χ4v) is 3.00. The van der Waals surface area contributed by atoms with Crippen LogP contribution in [-0.2, 0) is 0 Å². The van der Waals surface area contributed by atoms with Crippen molar-refractivity contribution < 1.29 is 5.11 Å². The lowest BCUT2D eigenvalue weighted by Gasteiger charge is -2.40. The van der Waals surface area contributed by atoms with Crippen LogP contribution in [0.2, 0.25) is 0 Å². The first-order chi connectivity index (χ1) is 8.11. The zero-order valence-electron chi connectivity index (χ0n) is 11.1. The summed E-state index contributed by atoms with van der Waals surface area (Å²) >= 11 is 0. The van der Waals surface area contributed by atoms with Crippen LogP contribution in [0.15, 0.2) is 24.3 Å². The molecule has 0 aromatic heterocycles. The van der Waals surface area contributed by atoms with E-state index in [0.29, 0.717) is 11.8 Å². The third-order valence-electron chi connectivity index (χ3n) is 3.95. The van der Waals surface area contributed by atoms with Crippen LogP contribution in [-0.4, -0.2) is 36.2 Å². The Bertz CT molecular complexity index is 360. The lowest BCUT2D eigenvalue weighted by molar-refractivity contribution is 0.0283. The molecule has 0 spiro atoms. The number of likely N-dealkylation sites (tertiary alicyclic amines) is 1. The first-order valence-corrected chi connectivity index (χ1v) is 6.55. The van der Waals surface area contributed by atoms with Gasteiger partial charge >= 0.3 is 0 Å². The van der Waals surface area contributed by atoms with Crippen molar-refractivity contribution in [2.45, 2.75) is 32.3 Å². The van der Waals surface area contributed by atoms with Crippen LogP contribution in [0, 0.1) is 12.8 Å². The number of aliphatic hydroxyl groups is 1. The van der Waals surface area contributed by atoms with Gasteiger partial charge in [-0.25, -0.2) is 0 Å². The summed E-state index contributed by atoms with van der Waals surface area (Å²) in [5, 5.41) is 10.3. The summed E-state index contributed by atoms with van der Waals surface area (Å²) in [7, 11) is 2.09. The van der Waals surface area contributed by atoms with Crippen LogP contribution < -0.4 is 0 Å². The van der Waals surface area contributed by atoms with E-state index < -0.39 is 0 Å². The van der Waals surface area contributed by atoms with E-state index in [1.807, 2.05) is 0 Å². The van der Waals surface area contributed by atoms with E-state index in [1.165, 1.54) is 11.1 Å². The maximum absolute atomic E-state index is 10.3. The number of benzene rings is 1. The number of rotatable bonds is 2. The van der Waals surface area contributed by atoms with Gasteiger partial charge in [-0.2, -0.15) is 0 Å². The first-order valence-electron chi connectivity index (χ1n) is 6.55. The van der Waals surface area contributed by atoms with Crippen molar-refractivity contribution in [1.82, 2.24) is 4.90 Å². The Balaban J connectivity index is 2.24. The molecule has 2 nitrogen and oxygen atoms in total. The van der Waals surface area contributed by atoms with E-state index in [9.17, 15) is 5.11 Å². The molecule has 0 radical (unpaired) electrons. The molecule has 0 bridgehead atoms. The van der Waals surface area contributed by atoms with Gasteiger partial charge in [0.25, 0.3) is 0 Å². The monoisotopic (exact) mass is 233 g/mol. The maximum Gasteiger partial charge on any atom is 0.0738 e. The van der Waals surface area contributed by atoms with Gasteiger partial charge in [-0.15, -0.1) is 0 Å². The fraction of sp³-hybridized carbons (Fsp3) is 0.600. The minimum Gasteiger partial charge on any atom is -0.391 e. The molecule has 0 aliphatic carbocycles. The van der Waals surface area contributed by atoms with Crippen molar-refractivity contribution in [2.75, 3.05) is 20.1 Å².